The van der Waals surface area contributed by atoms with Crippen molar-refractivity contribution in [2.75, 3.05) is 6.54 Å². The molecule has 0 aliphatic heterocycles. The van der Waals surface area contributed by atoms with E-state index in [1.165, 1.54) is 12.8 Å². The highest BCUT2D eigenvalue weighted by Gasteiger charge is 2.29. The van der Waals surface area contributed by atoms with Crippen molar-refractivity contribution >= 4 is 16.9 Å². The molecule has 1 aromatic heterocycles. The highest BCUT2D eigenvalue weighted by Crippen LogP contribution is 2.40. The predicted molar refractivity (Wildman–Crippen MR) is 70.4 cm³/mol. The van der Waals surface area contributed by atoms with E-state index in [2.05, 4.69) is 14.9 Å². The number of nitrogens with zero attached hydrogens (tertiary/aromatic N) is 2. The van der Waals surface area contributed by atoms with E-state index < -0.39 is 0 Å². The molecule has 0 saturated heterocycles. The minimum atomic E-state index is 0.0579. The second-order valence-corrected chi connectivity index (χ2v) is 4.77. The van der Waals surface area contributed by atoms with Crippen LogP contribution < -0.4 is 5.32 Å². The Hall–Kier alpha value is -1.84. The molecule has 94 valence electrons. The Kier molecular flexibility index (Phi) is 2.78. The van der Waals surface area contributed by atoms with Crippen molar-refractivity contribution in [3.8, 4) is 0 Å². The Morgan fingerprint density at radius 1 is 1.44 bits per heavy atom. The fraction of sp³-hybridized carbons (Fsp3) is 0.429. The summed E-state index contributed by atoms with van der Waals surface area (Å²) < 4.78 is 2.07. The van der Waals surface area contributed by atoms with Crippen LogP contribution in [0.3, 0.4) is 0 Å². The van der Waals surface area contributed by atoms with Crippen LogP contribution >= 0.6 is 0 Å². The molecule has 1 fully saturated rings. The number of hydrogen-bond donors (Lipinski definition) is 1. The standard InChI is InChI=1S/C14H17N3O/c1-2-15-13(18)9-17-12-6-4-3-5-11(12)16-14(17)10-7-8-10/h3-6,10H,2,7-9H2,1H3,(H,15,18). The third kappa shape index (κ3) is 1.98. The summed E-state index contributed by atoms with van der Waals surface area (Å²) in [6.07, 6.45) is 2.39. The summed E-state index contributed by atoms with van der Waals surface area (Å²) >= 11 is 0. The van der Waals surface area contributed by atoms with Gasteiger partial charge in [-0.25, -0.2) is 4.98 Å². The number of aromatic nitrogens is 2. The maximum Gasteiger partial charge on any atom is 0.239 e. The molecular formula is C14H17N3O. The van der Waals surface area contributed by atoms with Gasteiger partial charge in [-0.3, -0.25) is 4.79 Å². The first-order valence-electron chi connectivity index (χ1n) is 6.51. The normalized spacial score (nSPS) is 14.9. The van der Waals surface area contributed by atoms with E-state index >= 15 is 0 Å². The van der Waals surface area contributed by atoms with E-state index in [0.717, 1.165) is 16.9 Å². The Labute approximate surface area is 106 Å². The lowest BCUT2D eigenvalue weighted by molar-refractivity contribution is -0.121. The molecule has 0 spiro atoms. The summed E-state index contributed by atoms with van der Waals surface area (Å²) in [5, 5.41) is 2.85. The summed E-state index contributed by atoms with van der Waals surface area (Å²) in [6.45, 7) is 2.98. The van der Waals surface area contributed by atoms with Gasteiger partial charge in [0.25, 0.3) is 0 Å². The first-order chi connectivity index (χ1) is 8.79. The number of para-hydroxylation sites is 2. The molecule has 18 heavy (non-hydrogen) atoms. The van der Waals surface area contributed by atoms with Gasteiger partial charge in [-0.1, -0.05) is 12.1 Å². The van der Waals surface area contributed by atoms with Gasteiger partial charge in [-0.05, 0) is 31.9 Å². The number of likely N-dealkylation sites (N-methyl/N-ethyl adjacent to an activating group) is 1. The van der Waals surface area contributed by atoms with Crippen LogP contribution in [-0.2, 0) is 11.3 Å². The number of hydrogen-bond acceptors (Lipinski definition) is 2. The van der Waals surface area contributed by atoms with Crippen molar-refractivity contribution in [3.05, 3.63) is 30.1 Å². The van der Waals surface area contributed by atoms with E-state index in [0.29, 0.717) is 19.0 Å². The van der Waals surface area contributed by atoms with Crippen molar-refractivity contribution < 1.29 is 4.79 Å². The van der Waals surface area contributed by atoms with E-state index in [1.807, 2.05) is 31.2 Å². The van der Waals surface area contributed by atoms with Crippen LogP contribution in [0.4, 0.5) is 0 Å². The van der Waals surface area contributed by atoms with Gasteiger partial charge in [0.2, 0.25) is 5.91 Å². The van der Waals surface area contributed by atoms with Crippen LogP contribution in [0.25, 0.3) is 11.0 Å². The summed E-state index contributed by atoms with van der Waals surface area (Å²) in [4.78, 5) is 16.5. The largest absolute Gasteiger partial charge is 0.355 e. The highest BCUT2D eigenvalue weighted by molar-refractivity contribution is 5.81. The molecule has 0 atom stereocenters. The Balaban J connectivity index is 2.01. The summed E-state index contributed by atoms with van der Waals surface area (Å²) in [7, 11) is 0. The molecule has 2 aromatic rings. The average Bonchev–Trinajstić information content (AvgIpc) is 3.14. The van der Waals surface area contributed by atoms with Gasteiger partial charge in [0.1, 0.15) is 12.4 Å². The van der Waals surface area contributed by atoms with E-state index in [1.54, 1.807) is 0 Å². The lowest BCUT2D eigenvalue weighted by Crippen LogP contribution is -2.27. The molecule has 4 heteroatoms. The van der Waals surface area contributed by atoms with Crippen molar-refractivity contribution in [1.82, 2.24) is 14.9 Å². The van der Waals surface area contributed by atoms with Crippen LogP contribution in [0.5, 0.6) is 0 Å². The number of imidazole rings is 1. The molecule has 1 saturated carbocycles. The fourth-order valence-corrected chi connectivity index (χ4v) is 2.31. The summed E-state index contributed by atoms with van der Waals surface area (Å²) in [6, 6.07) is 8.03. The quantitative estimate of drug-likeness (QED) is 0.893. The Morgan fingerprint density at radius 2 is 2.22 bits per heavy atom. The van der Waals surface area contributed by atoms with Crippen molar-refractivity contribution in [2.24, 2.45) is 0 Å². The van der Waals surface area contributed by atoms with Gasteiger partial charge >= 0.3 is 0 Å². The molecule has 3 rings (SSSR count). The molecule has 1 aliphatic carbocycles. The molecule has 0 bridgehead atoms. The number of fused-ring (bicyclic) bond motifs is 1. The van der Waals surface area contributed by atoms with Crippen LogP contribution in [0.15, 0.2) is 24.3 Å². The zero-order valence-electron chi connectivity index (χ0n) is 10.5. The molecule has 1 N–H and O–H groups in total. The molecule has 1 amide bonds. The van der Waals surface area contributed by atoms with Gasteiger partial charge in [-0.15, -0.1) is 0 Å². The second-order valence-electron chi connectivity index (χ2n) is 4.77. The maximum absolute atomic E-state index is 11.8. The second kappa shape index (κ2) is 4.44. The minimum absolute atomic E-state index is 0.0579. The monoisotopic (exact) mass is 243 g/mol. The fourth-order valence-electron chi connectivity index (χ4n) is 2.31. The maximum atomic E-state index is 11.8. The topological polar surface area (TPSA) is 46.9 Å². The van der Waals surface area contributed by atoms with Gasteiger partial charge in [0.05, 0.1) is 11.0 Å². The zero-order chi connectivity index (χ0) is 12.5. The SMILES string of the molecule is CCNC(=O)Cn1c(C2CC2)nc2ccccc21. The van der Waals surface area contributed by atoms with Crippen LogP contribution in [0.2, 0.25) is 0 Å². The van der Waals surface area contributed by atoms with Gasteiger partial charge in [-0.2, -0.15) is 0 Å². The lowest BCUT2D eigenvalue weighted by Gasteiger charge is -2.08. The van der Waals surface area contributed by atoms with Crippen LogP contribution in [0, 0.1) is 0 Å². The molecule has 1 heterocycles. The molecular weight excluding hydrogens is 226 g/mol. The van der Waals surface area contributed by atoms with Crippen molar-refractivity contribution in [2.45, 2.75) is 32.2 Å². The van der Waals surface area contributed by atoms with Crippen LogP contribution in [-0.4, -0.2) is 22.0 Å². The van der Waals surface area contributed by atoms with E-state index in [4.69, 9.17) is 0 Å². The third-order valence-corrected chi connectivity index (χ3v) is 3.30. The van der Waals surface area contributed by atoms with Crippen molar-refractivity contribution in [3.63, 3.8) is 0 Å². The molecule has 4 nitrogen and oxygen atoms in total. The van der Waals surface area contributed by atoms with Gasteiger partial charge < -0.3 is 9.88 Å². The summed E-state index contributed by atoms with van der Waals surface area (Å²) in [5.41, 5.74) is 2.05. The van der Waals surface area contributed by atoms with Gasteiger partial charge in [0.15, 0.2) is 0 Å². The number of nitrogens with one attached hydrogen (secondary N) is 1. The van der Waals surface area contributed by atoms with E-state index in [9.17, 15) is 4.79 Å². The highest BCUT2D eigenvalue weighted by atomic mass is 16.1. The third-order valence-electron chi connectivity index (χ3n) is 3.30. The lowest BCUT2D eigenvalue weighted by atomic mass is 10.3. The number of rotatable bonds is 4. The van der Waals surface area contributed by atoms with Crippen LogP contribution in [0.1, 0.15) is 31.5 Å². The number of carbonyl (C=O) groups excluding carboxylic acids is 1. The Morgan fingerprint density at radius 3 is 2.94 bits per heavy atom. The average molecular weight is 243 g/mol. The smallest absolute Gasteiger partial charge is 0.239 e. The molecule has 1 aromatic carbocycles. The van der Waals surface area contributed by atoms with Gasteiger partial charge in [0, 0.05) is 12.5 Å². The number of benzene rings is 1. The number of carbonyl (C=O) groups is 1. The minimum Gasteiger partial charge on any atom is -0.355 e. The first-order valence-corrected chi connectivity index (χ1v) is 6.51. The summed E-state index contributed by atoms with van der Waals surface area (Å²) in [5.74, 6) is 1.68. The first kappa shape index (κ1) is 11.3. The predicted octanol–water partition coefficient (Wildman–Crippen LogP) is 2.05. The Bertz CT molecular complexity index is 584. The molecule has 0 radical (unpaired) electrons. The van der Waals surface area contributed by atoms with E-state index in [-0.39, 0.29) is 5.91 Å². The van der Waals surface area contributed by atoms with Crippen molar-refractivity contribution in [1.29, 1.82) is 0 Å². The zero-order valence-corrected chi connectivity index (χ0v) is 10.5. The molecule has 0 unspecified atom stereocenters. The number of amides is 1. The molecule has 1 aliphatic rings.